The first-order chi connectivity index (χ1) is 9.72. The Morgan fingerprint density at radius 2 is 2.10 bits per heavy atom. The molecule has 5 heteroatoms. The molecule has 0 saturated heterocycles. The van der Waals surface area contributed by atoms with E-state index in [0.29, 0.717) is 6.54 Å². The summed E-state index contributed by atoms with van der Waals surface area (Å²) in [5, 5.41) is 5.29. The highest BCUT2D eigenvalue weighted by Crippen LogP contribution is 2.24. The molecular weight excluding hydrogens is 336 g/mol. The third-order valence-electron chi connectivity index (χ3n) is 3.45. The molecule has 3 nitrogen and oxygen atoms in total. The number of nitrogens with zero attached hydrogens (tertiary/aromatic N) is 1. The Labute approximate surface area is 130 Å². The van der Waals surface area contributed by atoms with Gasteiger partial charge in [0.05, 0.1) is 6.54 Å². The van der Waals surface area contributed by atoms with E-state index in [1.807, 2.05) is 29.2 Å². The van der Waals surface area contributed by atoms with E-state index in [0.717, 1.165) is 29.7 Å². The summed E-state index contributed by atoms with van der Waals surface area (Å²) in [7, 11) is 0. The fourth-order valence-electron chi connectivity index (χ4n) is 2.32. The first-order valence-electron chi connectivity index (χ1n) is 6.55. The number of hydrogen-bond acceptors (Lipinski definition) is 3. The minimum atomic E-state index is 0.157. The number of amides is 1. The van der Waals surface area contributed by atoms with Gasteiger partial charge in [-0.3, -0.25) is 4.79 Å². The third kappa shape index (κ3) is 3.04. The zero-order chi connectivity index (χ0) is 13.9. The Morgan fingerprint density at radius 3 is 2.90 bits per heavy atom. The summed E-state index contributed by atoms with van der Waals surface area (Å²) in [6, 6.07) is 9.98. The summed E-state index contributed by atoms with van der Waals surface area (Å²) in [6.45, 7) is 1.93. The van der Waals surface area contributed by atoms with E-state index in [9.17, 15) is 4.79 Å². The lowest BCUT2D eigenvalue weighted by atomic mass is 10.1. The van der Waals surface area contributed by atoms with Crippen LogP contribution < -0.4 is 5.32 Å². The Bertz CT molecular complexity index is 609. The number of anilines is 1. The first kappa shape index (κ1) is 13.6. The molecule has 104 valence electrons. The molecule has 1 aliphatic heterocycles. The molecule has 1 amide bonds. The predicted octanol–water partition coefficient (Wildman–Crippen LogP) is 3.51. The van der Waals surface area contributed by atoms with Gasteiger partial charge in [0.15, 0.2) is 0 Å². The van der Waals surface area contributed by atoms with Crippen LogP contribution in [0, 0.1) is 0 Å². The Hall–Kier alpha value is -1.33. The number of rotatable bonds is 3. The average molecular weight is 351 g/mol. The summed E-state index contributed by atoms with van der Waals surface area (Å²) in [5.74, 6) is 0.157. The van der Waals surface area contributed by atoms with Crippen molar-refractivity contribution in [3.63, 3.8) is 0 Å². The number of hydrogen-bond donors (Lipinski definition) is 1. The van der Waals surface area contributed by atoms with E-state index in [1.54, 1.807) is 11.3 Å². The monoisotopic (exact) mass is 350 g/mol. The molecule has 2 heterocycles. The van der Waals surface area contributed by atoms with Crippen LogP contribution in [-0.4, -0.2) is 23.9 Å². The number of nitrogens with one attached hydrogen (secondary N) is 1. The lowest BCUT2D eigenvalue weighted by molar-refractivity contribution is -0.130. The number of carbonyl (C=O) groups is 1. The lowest BCUT2D eigenvalue weighted by Gasteiger charge is -2.27. The molecule has 0 fully saturated rings. The van der Waals surface area contributed by atoms with Crippen molar-refractivity contribution >= 4 is 38.9 Å². The SMILES string of the molecule is O=C(CNc1ccc(Br)cc1)N1CCc2sccc2C1. The molecule has 0 bridgehead atoms. The minimum Gasteiger partial charge on any atom is -0.376 e. The van der Waals surface area contributed by atoms with Gasteiger partial charge in [0, 0.05) is 28.1 Å². The molecule has 0 atom stereocenters. The second-order valence-corrected chi connectivity index (χ2v) is 6.71. The van der Waals surface area contributed by atoms with Crippen molar-refractivity contribution in [1.29, 1.82) is 0 Å². The maximum atomic E-state index is 12.2. The van der Waals surface area contributed by atoms with Gasteiger partial charge in [0.25, 0.3) is 0 Å². The zero-order valence-electron chi connectivity index (χ0n) is 10.9. The largest absolute Gasteiger partial charge is 0.376 e. The van der Waals surface area contributed by atoms with E-state index in [1.165, 1.54) is 10.4 Å². The van der Waals surface area contributed by atoms with E-state index in [4.69, 9.17) is 0 Å². The van der Waals surface area contributed by atoms with Crippen molar-refractivity contribution in [2.24, 2.45) is 0 Å². The quantitative estimate of drug-likeness (QED) is 0.918. The summed E-state index contributed by atoms with van der Waals surface area (Å²) >= 11 is 5.19. The zero-order valence-corrected chi connectivity index (χ0v) is 13.3. The van der Waals surface area contributed by atoms with Crippen molar-refractivity contribution in [1.82, 2.24) is 4.90 Å². The van der Waals surface area contributed by atoms with Crippen LogP contribution >= 0.6 is 27.3 Å². The number of thiophene rings is 1. The fourth-order valence-corrected chi connectivity index (χ4v) is 3.47. The second-order valence-electron chi connectivity index (χ2n) is 4.79. The summed E-state index contributed by atoms with van der Waals surface area (Å²) < 4.78 is 1.04. The molecule has 0 unspecified atom stereocenters. The Morgan fingerprint density at radius 1 is 1.30 bits per heavy atom. The highest BCUT2D eigenvalue weighted by Gasteiger charge is 2.20. The van der Waals surface area contributed by atoms with Gasteiger partial charge in [-0.15, -0.1) is 11.3 Å². The molecular formula is C15H15BrN2OS. The van der Waals surface area contributed by atoms with Crippen LogP contribution in [0.4, 0.5) is 5.69 Å². The summed E-state index contributed by atoms with van der Waals surface area (Å²) in [5.41, 5.74) is 2.27. The molecule has 1 aromatic heterocycles. The van der Waals surface area contributed by atoms with Crippen LogP contribution in [0.2, 0.25) is 0 Å². The minimum absolute atomic E-state index is 0.157. The highest BCUT2D eigenvalue weighted by molar-refractivity contribution is 9.10. The summed E-state index contributed by atoms with van der Waals surface area (Å²) in [4.78, 5) is 15.6. The molecule has 0 saturated carbocycles. The fraction of sp³-hybridized carbons (Fsp3) is 0.267. The molecule has 1 aliphatic rings. The van der Waals surface area contributed by atoms with Gasteiger partial charge in [-0.1, -0.05) is 15.9 Å². The van der Waals surface area contributed by atoms with Crippen LogP contribution in [0.25, 0.3) is 0 Å². The Balaban J connectivity index is 1.56. The van der Waals surface area contributed by atoms with Crippen molar-refractivity contribution < 1.29 is 4.79 Å². The topological polar surface area (TPSA) is 32.3 Å². The van der Waals surface area contributed by atoms with Crippen LogP contribution in [-0.2, 0) is 17.8 Å². The van der Waals surface area contributed by atoms with E-state index in [2.05, 4.69) is 32.7 Å². The van der Waals surface area contributed by atoms with Gasteiger partial charge >= 0.3 is 0 Å². The van der Waals surface area contributed by atoms with E-state index >= 15 is 0 Å². The van der Waals surface area contributed by atoms with Gasteiger partial charge in [-0.2, -0.15) is 0 Å². The third-order valence-corrected chi connectivity index (χ3v) is 5.00. The standard InChI is InChI=1S/C15H15BrN2OS/c16-12-1-3-13(4-2-12)17-9-15(19)18-7-5-14-11(10-18)6-8-20-14/h1-4,6,8,17H,5,7,9-10H2. The Kier molecular flexibility index (Phi) is 4.08. The van der Waals surface area contributed by atoms with E-state index < -0.39 is 0 Å². The number of benzene rings is 1. The van der Waals surface area contributed by atoms with Crippen LogP contribution in [0.5, 0.6) is 0 Å². The number of fused-ring (bicyclic) bond motifs is 1. The smallest absolute Gasteiger partial charge is 0.242 e. The van der Waals surface area contributed by atoms with Gasteiger partial charge in [-0.05, 0) is 47.7 Å². The van der Waals surface area contributed by atoms with Crippen LogP contribution in [0.1, 0.15) is 10.4 Å². The van der Waals surface area contributed by atoms with Crippen molar-refractivity contribution in [3.8, 4) is 0 Å². The maximum absolute atomic E-state index is 12.2. The maximum Gasteiger partial charge on any atom is 0.242 e. The normalized spacial score (nSPS) is 13.9. The van der Waals surface area contributed by atoms with Gasteiger partial charge in [-0.25, -0.2) is 0 Å². The van der Waals surface area contributed by atoms with Crippen LogP contribution in [0.15, 0.2) is 40.2 Å². The van der Waals surface area contributed by atoms with Crippen molar-refractivity contribution in [3.05, 3.63) is 50.6 Å². The summed E-state index contributed by atoms with van der Waals surface area (Å²) in [6.07, 6.45) is 0.983. The van der Waals surface area contributed by atoms with Gasteiger partial charge < -0.3 is 10.2 Å². The second kappa shape index (κ2) is 5.97. The van der Waals surface area contributed by atoms with Crippen molar-refractivity contribution in [2.45, 2.75) is 13.0 Å². The van der Waals surface area contributed by atoms with Crippen molar-refractivity contribution in [2.75, 3.05) is 18.4 Å². The molecule has 2 aromatic rings. The lowest BCUT2D eigenvalue weighted by Crippen LogP contribution is -2.38. The molecule has 1 N–H and O–H groups in total. The van der Waals surface area contributed by atoms with Crippen LogP contribution in [0.3, 0.4) is 0 Å². The average Bonchev–Trinajstić information content (AvgIpc) is 2.93. The van der Waals surface area contributed by atoms with Gasteiger partial charge in [0.2, 0.25) is 5.91 Å². The molecule has 0 aliphatic carbocycles. The highest BCUT2D eigenvalue weighted by atomic mass is 79.9. The molecule has 3 rings (SSSR count). The molecule has 20 heavy (non-hydrogen) atoms. The number of halogens is 1. The molecule has 0 spiro atoms. The predicted molar refractivity (Wildman–Crippen MR) is 86.1 cm³/mol. The molecule has 1 aromatic carbocycles. The van der Waals surface area contributed by atoms with Gasteiger partial charge in [0.1, 0.15) is 0 Å². The molecule has 0 radical (unpaired) electrons. The first-order valence-corrected chi connectivity index (χ1v) is 8.22. The number of carbonyl (C=O) groups excluding carboxylic acids is 1. The van der Waals surface area contributed by atoms with E-state index in [-0.39, 0.29) is 5.91 Å².